The molecule has 3 aromatic rings. The third-order valence-corrected chi connectivity index (χ3v) is 4.21. The lowest BCUT2D eigenvalue weighted by Crippen LogP contribution is -2.24. The molecule has 0 aliphatic rings. The average Bonchev–Trinajstić information content (AvgIpc) is 3.01. The van der Waals surface area contributed by atoms with E-state index in [4.69, 9.17) is 4.52 Å². The van der Waals surface area contributed by atoms with Gasteiger partial charge in [-0.05, 0) is 19.1 Å². The van der Waals surface area contributed by atoms with Crippen LogP contribution in [0.1, 0.15) is 5.76 Å². The number of aromatic nitrogens is 4. The zero-order valence-corrected chi connectivity index (χ0v) is 14.2. The Morgan fingerprint density at radius 3 is 3.08 bits per heavy atom. The van der Waals surface area contributed by atoms with E-state index in [2.05, 4.69) is 27.0 Å². The van der Waals surface area contributed by atoms with Gasteiger partial charge in [0, 0.05) is 18.8 Å². The molecule has 0 aliphatic heterocycles. The van der Waals surface area contributed by atoms with Crippen LogP contribution in [0.2, 0.25) is 0 Å². The molecule has 25 heavy (non-hydrogen) atoms. The number of carbonyl (C=O) groups is 1. The molecule has 3 rings (SSSR count). The number of hydrogen-bond donors (Lipinski definition) is 1. The van der Waals surface area contributed by atoms with E-state index >= 15 is 0 Å². The number of rotatable bonds is 6. The average molecular weight is 357 g/mol. The van der Waals surface area contributed by atoms with Crippen LogP contribution in [0.4, 0.5) is 5.82 Å². The van der Waals surface area contributed by atoms with Gasteiger partial charge in [-0.15, -0.1) is 6.58 Å². The van der Waals surface area contributed by atoms with E-state index < -0.39 is 0 Å². The van der Waals surface area contributed by atoms with Crippen molar-refractivity contribution in [3.63, 3.8) is 0 Å². The van der Waals surface area contributed by atoms with Gasteiger partial charge in [-0.25, -0.2) is 9.97 Å². The van der Waals surface area contributed by atoms with Gasteiger partial charge in [0.2, 0.25) is 5.91 Å². The second-order valence-electron chi connectivity index (χ2n) is 5.13. The van der Waals surface area contributed by atoms with E-state index in [1.165, 1.54) is 4.57 Å². The van der Waals surface area contributed by atoms with Gasteiger partial charge in [0.15, 0.2) is 16.6 Å². The molecule has 0 radical (unpaired) electrons. The molecule has 0 unspecified atom stereocenters. The molecule has 0 saturated carbocycles. The zero-order valence-electron chi connectivity index (χ0n) is 13.4. The van der Waals surface area contributed by atoms with Gasteiger partial charge in [-0.2, -0.15) is 0 Å². The number of fused-ring (bicyclic) bond motifs is 1. The predicted octanol–water partition coefficient (Wildman–Crippen LogP) is 2.00. The minimum absolute atomic E-state index is 0.0633. The minimum atomic E-state index is -0.279. The fraction of sp³-hybridized carbons (Fsp3) is 0.188. The summed E-state index contributed by atoms with van der Waals surface area (Å²) in [5.74, 6) is 0.733. The van der Waals surface area contributed by atoms with Gasteiger partial charge in [0.25, 0.3) is 5.56 Å². The fourth-order valence-electron chi connectivity index (χ4n) is 2.17. The van der Waals surface area contributed by atoms with Crippen molar-refractivity contribution >= 4 is 34.5 Å². The quantitative estimate of drug-likeness (QED) is 0.409. The monoisotopic (exact) mass is 357 g/mol. The molecular weight excluding hydrogens is 342 g/mol. The molecule has 0 aliphatic carbocycles. The van der Waals surface area contributed by atoms with Crippen molar-refractivity contribution in [3.8, 4) is 0 Å². The number of pyridine rings is 1. The molecule has 128 valence electrons. The van der Waals surface area contributed by atoms with Crippen LogP contribution in [0.3, 0.4) is 0 Å². The summed E-state index contributed by atoms with van der Waals surface area (Å²) in [6.07, 6.45) is 3.17. The number of aryl methyl sites for hydroxylation is 1. The molecule has 0 aromatic carbocycles. The van der Waals surface area contributed by atoms with E-state index in [-0.39, 0.29) is 17.2 Å². The van der Waals surface area contributed by atoms with Crippen LogP contribution in [0.15, 0.2) is 51.5 Å². The molecule has 3 aromatic heterocycles. The number of carbonyl (C=O) groups excluding carboxylic acids is 1. The molecule has 1 amide bonds. The first kappa shape index (κ1) is 16.9. The molecular formula is C16H15N5O3S. The van der Waals surface area contributed by atoms with E-state index in [1.54, 1.807) is 37.4 Å². The maximum atomic E-state index is 12.6. The topological polar surface area (TPSA) is 103 Å². The van der Waals surface area contributed by atoms with E-state index in [0.717, 1.165) is 11.8 Å². The first-order valence-corrected chi connectivity index (χ1v) is 8.39. The maximum absolute atomic E-state index is 12.6. The van der Waals surface area contributed by atoms with Gasteiger partial charge in [-0.1, -0.05) is 23.0 Å². The summed E-state index contributed by atoms with van der Waals surface area (Å²) >= 11 is 1.14. The summed E-state index contributed by atoms with van der Waals surface area (Å²) in [7, 11) is 0. The Balaban J connectivity index is 1.82. The van der Waals surface area contributed by atoms with Crippen LogP contribution in [0, 0.1) is 6.92 Å². The molecule has 1 N–H and O–H groups in total. The normalized spacial score (nSPS) is 10.8. The van der Waals surface area contributed by atoms with Crippen LogP contribution < -0.4 is 10.9 Å². The Morgan fingerprint density at radius 2 is 2.36 bits per heavy atom. The first-order chi connectivity index (χ1) is 12.1. The fourth-order valence-corrected chi connectivity index (χ4v) is 2.97. The molecule has 0 atom stereocenters. The Bertz CT molecular complexity index is 995. The number of anilines is 1. The molecule has 3 heterocycles. The highest BCUT2D eigenvalue weighted by Crippen LogP contribution is 2.17. The molecule has 0 bridgehead atoms. The summed E-state index contributed by atoms with van der Waals surface area (Å²) in [5, 5.41) is 7.16. The van der Waals surface area contributed by atoms with Crippen LogP contribution in [-0.4, -0.2) is 31.4 Å². The van der Waals surface area contributed by atoms with Gasteiger partial charge in [0.05, 0.1) is 11.1 Å². The van der Waals surface area contributed by atoms with Gasteiger partial charge in [0.1, 0.15) is 5.76 Å². The van der Waals surface area contributed by atoms with E-state index in [1.807, 2.05) is 0 Å². The number of amides is 1. The van der Waals surface area contributed by atoms with Gasteiger partial charge >= 0.3 is 0 Å². The van der Waals surface area contributed by atoms with Crippen LogP contribution >= 0.6 is 11.8 Å². The number of hydrogen-bond acceptors (Lipinski definition) is 7. The molecule has 8 nitrogen and oxygen atoms in total. The number of nitrogens with zero attached hydrogens (tertiary/aromatic N) is 4. The maximum Gasteiger partial charge on any atom is 0.263 e. The summed E-state index contributed by atoms with van der Waals surface area (Å²) in [6, 6.07) is 4.98. The number of thioether (sulfide) groups is 1. The molecule has 0 spiro atoms. The summed E-state index contributed by atoms with van der Waals surface area (Å²) in [5.41, 5.74) is 0.135. The Labute approximate surface area is 147 Å². The predicted molar refractivity (Wildman–Crippen MR) is 94.6 cm³/mol. The van der Waals surface area contributed by atoms with Crippen molar-refractivity contribution < 1.29 is 9.32 Å². The lowest BCUT2D eigenvalue weighted by Gasteiger charge is -2.10. The minimum Gasteiger partial charge on any atom is -0.360 e. The van der Waals surface area contributed by atoms with Gasteiger partial charge in [-0.3, -0.25) is 14.2 Å². The van der Waals surface area contributed by atoms with Crippen LogP contribution in [0.5, 0.6) is 0 Å². The van der Waals surface area contributed by atoms with E-state index in [0.29, 0.717) is 34.3 Å². The van der Waals surface area contributed by atoms with Crippen molar-refractivity contribution in [2.24, 2.45) is 0 Å². The Hall–Kier alpha value is -2.94. The highest BCUT2D eigenvalue weighted by Gasteiger charge is 2.14. The lowest BCUT2D eigenvalue weighted by atomic mass is 10.3. The SMILES string of the molecule is C=CCn1c(SCC(=O)Nc2cc(C)on2)nc2ncccc2c1=O. The lowest BCUT2D eigenvalue weighted by molar-refractivity contribution is -0.113. The highest BCUT2D eigenvalue weighted by atomic mass is 32.2. The highest BCUT2D eigenvalue weighted by molar-refractivity contribution is 7.99. The third-order valence-electron chi connectivity index (χ3n) is 3.23. The summed E-state index contributed by atoms with van der Waals surface area (Å²) in [4.78, 5) is 33.1. The van der Waals surface area contributed by atoms with Crippen molar-refractivity contribution in [1.82, 2.24) is 19.7 Å². The second kappa shape index (κ2) is 7.31. The second-order valence-corrected chi connectivity index (χ2v) is 6.08. The van der Waals surface area contributed by atoms with Crippen LogP contribution in [0.25, 0.3) is 11.0 Å². The van der Waals surface area contributed by atoms with Crippen molar-refractivity contribution in [2.75, 3.05) is 11.1 Å². The standard InChI is InChI=1S/C16H15N5O3S/c1-3-7-21-15(23)11-5-4-6-17-14(11)19-16(21)25-9-13(22)18-12-8-10(2)24-20-12/h3-6,8H,1,7,9H2,2H3,(H,18,20,22). The molecule has 0 saturated heterocycles. The smallest absolute Gasteiger partial charge is 0.263 e. The Morgan fingerprint density at radius 1 is 1.52 bits per heavy atom. The van der Waals surface area contributed by atoms with Crippen molar-refractivity contribution in [1.29, 1.82) is 0 Å². The third kappa shape index (κ3) is 3.77. The molecule has 9 heteroatoms. The first-order valence-electron chi connectivity index (χ1n) is 7.41. The largest absolute Gasteiger partial charge is 0.360 e. The van der Waals surface area contributed by atoms with Crippen molar-refractivity contribution in [3.05, 3.63) is 53.2 Å². The molecule has 0 fully saturated rings. The summed E-state index contributed by atoms with van der Waals surface area (Å²) in [6.45, 7) is 5.69. The number of nitrogens with one attached hydrogen (secondary N) is 1. The summed E-state index contributed by atoms with van der Waals surface area (Å²) < 4.78 is 6.36. The zero-order chi connectivity index (χ0) is 17.8. The van der Waals surface area contributed by atoms with Crippen molar-refractivity contribution in [2.45, 2.75) is 18.6 Å². The Kier molecular flexibility index (Phi) is 4.94. The van der Waals surface area contributed by atoms with E-state index in [9.17, 15) is 9.59 Å². The van der Waals surface area contributed by atoms with Gasteiger partial charge < -0.3 is 9.84 Å². The van der Waals surface area contributed by atoms with Crippen LogP contribution in [-0.2, 0) is 11.3 Å². The number of allylic oxidation sites excluding steroid dienone is 1.